The number of amides is 2. The van der Waals surface area contributed by atoms with E-state index < -0.39 is 53.6 Å². The number of nitrogens with zero attached hydrogens (tertiary/aromatic N) is 4. The van der Waals surface area contributed by atoms with E-state index >= 15 is 0 Å². The number of rotatable bonds is 2. The topological polar surface area (TPSA) is 217 Å². The summed E-state index contributed by atoms with van der Waals surface area (Å²) in [5.41, 5.74) is 3.58. The van der Waals surface area contributed by atoms with Gasteiger partial charge in [-0.05, 0) is 210 Å². The van der Waals surface area contributed by atoms with Gasteiger partial charge in [0, 0.05) is 96.2 Å². The second kappa shape index (κ2) is 29.9. The fourth-order valence-electron chi connectivity index (χ4n) is 16.9. The summed E-state index contributed by atoms with van der Waals surface area (Å²) in [4.78, 5) is 36.2. The quantitative estimate of drug-likeness (QED) is 0.108. The number of hydrogen-bond acceptors (Lipinski definition) is 16. The average molecular weight is 1440 g/mol. The summed E-state index contributed by atoms with van der Waals surface area (Å²) in [5, 5.41) is 24.5. The van der Waals surface area contributed by atoms with Gasteiger partial charge in [0.1, 0.15) is 22.7 Å². The molecule has 10 aliphatic rings. The Balaban J connectivity index is 0.000000179. The van der Waals surface area contributed by atoms with Crippen molar-refractivity contribution in [2.45, 2.75) is 137 Å². The monoisotopic (exact) mass is 1440 g/mol. The lowest BCUT2D eigenvalue weighted by Gasteiger charge is -2.47. The smallest absolute Gasteiger partial charge is 0.264 e. The first kappa shape index (κ1) is 72.2. The van der Waals surface area contributed by atoms with Crippen molar-refractivity contribution in [3.05, 3.63) is 141 Å². The minimum Gasteiger partial charge on any atom is -0.490 e. The zero-order chi connectivity index (χ0) is 70.2. The highest BCUT2D eigenvalue weighted by molar-refractivity contribution is 7.91. The molecule has 0 unspecified atom stereocenters. The lowest BCUT2D eigenvalue weighted by atomic mass is 9.64. The Bertz CT molecular complexity index is 3900. The van der Waals surface area contributed by atoms with E-state index in [9.17, 15) is 36.6 Å². The average Bonchev–Trinajstić information content (AvgIpc) is 1.37. The van der Waals surface area contributed by atoms with Crippen molar-refractivity contribution in [1.82, 2.24) is 19.2 Å². The molecule has 22 heteroatoms. The number of ether oxygens (including phenoxy) is 4. The van der Waals surface area contributed by atoms with Gasteiger partial charge in [0.05, 0.1) is 74.6 Å². The molecule has 18 nitrogen and oxygen atoms in total. The molecular weight excluding hydrogens is 1350 g/mol. The van der Waals surface area contributed by atoms with Gasteiger partial charge < -0.3 is 39.0 Å². The van der Waals surface area contributed by atoms with Gasteiger partial charge in [0.15, 0.2) is 0 Å². The molecule has 2 saturated heterocycles. The molecule has 2 saturated carbocycles. The number of fused-ring (bicyclic) bond motifs is 8. The Morgan fingerprint density at radius 3 is 1.36 bits per heavy atom. The van der Waals surface area contributed by atoms with Crippen molar-refractivity contribution in [3.8, 4) is 35.2 Å². The Morgan fingerprint density at radius 2 is 0.970 bits per heavy atom. The number of halogens is 2. The van der Waals surface area contributed by atoms with Crippen molar-refractivity contribution in [3.63, 3.8) is 0 Å². The first-order chi connectivity index (χ1) is 47.9. The normalized spacial score (nSPS) is 33.3. The third-order valence-electron chi connectivity index (χ3n) is 23.7. The highest BCUT2D eigenvalue weighted by Crippen LogP contribution is 2.51. The van der Waals surface area contributed by atoms with Crippen LogP contribution in [0.2, 0.25) is 10.0 Å². The molecule has 4 bridgehead atoms. The highest BCUT2D eigenvalue weighted by Gasteiger charge is 2.50. The summed E-state index contributed by atoms with van der Waals surface area (Å²) >= 11 is 12.9. The van der Waals surface area contributed by atoms with E-state index in [-0.39, 0.29) is 57.5 Å². The van der Waals surface area contributed by atoms with Gasteiger partial charge in [-0.1, -0.05) is 85.0 Å². The maximum absolute atomic E-state index is 13.5. The minimum atomic E-state index is -4.00. The van der Waals surface area contributed by atoms with Crippen LogP contribution >= 0.6 is 23.2 Å². The van der Waals surface area contributed by atoms with Gasteiger partial charge in [0.2, 0.25) is 20.0 Å². The maximum Gasteiger partial charge on any atom is 0.264 e. The Hall–Kier alpha value is -6.14. The van der Waals surface area contributed by atoms with E-state index in [1.807, 2.05) is 38.1 Å². The molecule has 4 aliphatic carbocycles. The second-order valence-electron chi connectivity index (χ2n) is 30.1. The van der Waals surface area contributed by atoms with Gasteiger partial charge in [-0.2, -0.15) is 0 Å². The molecular formula is C78H96Cl2N6O12S2. The Morgan fingerprint density at radius 1 is 0.560 bits per heavy atom. The second-order valence-corrected chi connectivity index (χ2v) is 35.0. The number of carbonyl (C=O) groups is 2. The molecule has 6 aliphatic heterocycles. The van der Waals surface area contributed by atoms with Crippen LogP contribution in [0.5, 0.6) is 11.5 Å². The molecule has 6 heterocycles. The van der Waals surface area contributed by atoms with E-state index in [2.05, 4.69) is 77.0 Å². The largest absolute Gasteiger partial charge is 0.490 e. The lowest BCUT2D eigenvalue weighted by molar-refractivity contribution is -0.00365. The van der Waals surface area contributed by atoms with Crippen molar-refractivity contribution in [1.29, 1.82) is 0 Å². The number of benzene rings is 4. The molecule has 0 radical (unpaired) electrons. The zero-order valence-corrected chi connectivity index (χ0v) is 61.1. The van der Waals surface area contributed by atoms with Gasteiger partial charge in [-0.3, -0.25) is 19.4 Å². The molecule has 4 aromatic carbocycles. The van der Waals surface area contributed by atoms with Crippen molar-refractivity contribution < 1.29 is 55.6 Å². The third kappa shape index (κ3) is 15.4. The summed E-state index contributed by atoms with van der Waals surface area (Å²) in [6.07, 6.45) is 17.5. The Labute approximate surface area is 601 Å². The van der Waals surface area contributed by atoms with Gasteiger partial charge in [-0.15, -0.1) is 0 Å². The van der Waals surface area contributed by atoms with Crippen LogP contribution in [-0.4, -0.2) is 175 Å². The number of sulfonamides is 2. The van der Waals surface area contributed by atoms with Crippen LogP contribution in [0.15, 0.2) is 97.1 Å². The third-order valence-corrected chi connectivity index (χ3v) is 28.0. The number of anilines is 2. The van der Waals surface area contributed by atoms with Crippen molar-refractivity contribution >= 4 is 66.4 Å². The van der Waals surface area contributed by atoms with E-state index in [0.29, 0.717) is 103 Å². The molecule has 12 atom stereocenters. The summed E-state index contributed by atoms with van der Waals surface area (Å²) < 4.78 is 82.7. The molecule has 536 valence electrons. The van der Waals surface area contributed by atoms with Crippen LogP contribution in [0.1, 0.15) is 135 Å². The van der Waals surface area contributed by atoms with E-state index in [4.69, 9.17) is 42.1 Å². The maximum atomic E-state index is 13.5. The van der Waals surface area contributed by atoms with E-state index in [1.165, 1.54) is 22.3 Å². The number of carbonyl (C=O) groups excluding carboxylic acids is 2. The fourth-order valence-corrected chi connectivity index (χ4v) is 19.9. The SMILES string of the molecule is C[C@@H]1[C@@H](C)C/C=C/[C@@](O)(C#CCN2CCOCC2)[C@@H]2CC[C@H]2CN2C[C@@]3(CCCc4cc(Cl)ccc43)COc3ccc(cc32)C(=O)NS1(=O)=O.C[C@@H]1[C@@H](C)C/C=C/[C@](O)(C#CCN2CCOCC2)[C@@H]2CC[C@H]2CN2C[C@@]3(CCCc4cc(Cl)ccc43)COc3ccc(cc32)C(=O)NS1(=O)=O. The number of nitrogens with one attached hydrogen (secondary N) is 2. The van der Waals surface area contributed by atoms with Gasteiger partial charge >= 0.3 is 0 Å². The van der Waals surface area contributed by atoms with Crippen molar-refractivity contribution in [2.75, 3.05) is 115 Å². The van der Waals surface area contributed by atoms with Crippen LogP contribution in [0.4, 0.5) is 11.4 Å². The van der Waals surface area contributed by atoms with Crippen LogP contribution in [0, 0.1) is 59.2 Å². The van der Waals surface area contributed by atoms with Crippen molar-refractivity contribution in [2.24, 2.45) is 35.5 Å². The Kier molecular flexibility index (Phi) is 21.6. The predicted octanol–water partition coefficient (Wildman–Crippen LogP) is 9.90. The predicted molar refractivity (Wildman–Crippen MR) is 390 cm³/mol. The van der Waals surface area contributed by atoms with E-state index in [0.717, 1.165) is 112 Å². The molecule has 2 spiro atoms. The molecule has 2 amide bonds. The molecule has 4 fully saturated rings. The summed E-state index contributed by atoms with van der Waals surface area (Å²) in [6.45, 7) is 17.5. The number of aryl methyl sites for hydroxylation is 2. The van der Waals surface area contributed by atoms with Crippen LogP contribution in [-0.2, 0) is 53.2 Å². The summed E-state index contributed by atoms with van der Waals surface area (Å²) in [7, 11) is -7.99. The number of aliphatic hydroxyl groups is 2. The summed E-state index contributed by atoms with van der Waals surface area (Å²) in [5.74, 6) is 12.5. The molecule has 4 aromatic rings. The number of hydrogen-bond donors (Lipinski definition) is 4. The molecule has 14 rings (SSSR count). The first-order valence-corrected chi connectivity index (χ1v) is 39.9. The standard InChI is InChI=1S/2C39H48ClN3O6S/c2*1-27-6-3-15-39(45,16-5-17-42-18-20-48-21-19-42)34-11-8-31(34)24-43-25-38(14-4-7-29-22-32(40)10-12-33(29)38)26-49-36-13-9-30(23-35(36)43)37(44)41-50(46,47)28(27)2/h2*3,9-10,12-13,15,22-23,27-28,31,34,45H,4,6-8,11,14,17-21,24-26H2,1-2H3,(H,41,44)/b2*15-3+/t27-,28+,31-,34+,38-,39+;27-,28+,31-,34+,38-,39-/m00/s1. The molecule has 4 N–H and O–H groups in total. The first-order valence-electron chi connectivity index (χ1n) is 36.1. The van der Waals surface area contributed by atoms with Gasteiger partial charge in [0.25, 0.3) is 11.8 Å². The highest BCUT2D eigenvalue weighted by atomic mass is 35.5. The van der Waals surface area contributed by atoms with Crippen LogP contribution in [0.3, 0.4) is 0 Å². The van der Waals surface area contributed by atoms with Crippen LogP contribution in [0.25, 0.3) is 0 Å². The lowest BCUT2D eigenvalue weighted by Crippen LogP contribution is -2.52. The zero-order valence-electron chi connectivity index (χ0n) is 58.0. The number of morpholine rings is 2. The minimum absolute atomic E-state index is 0.118. The summed E-state index contributed by atoms with van der Waals surface area (Å²) in [6, 6.07) is 22.7. The van der Waals surface area contributed by atoms with E-state index in [1.54, 1.807) is 62.4 Å². The van der Waals surface area contributed by atoms with Gasteiger partial charge in [-0.25, -0.2) is 26.3 Å². The van der Waals surface area contributed by atoms with Crippen LogP contribution < -0.4 is 28.7 Å². The fraction of sp³-hybridized carbons (Fsp3) is 0.564. The molecule has 100 heavy (non-hydrogen) atoms. The number of allylic oxidation sites excluding steroid dienone is 2. The molecule has 0 aromatic heterocycles.